The Morgan fingerprint density at radius 3 is 2.45 bits per heavy atom. The van der Waals surface area contributed by atoms with Crippen LogP contribution >= 0.6 is 35.0 Å². The summed E-state index contributed by atoms with van der Waals surface area (Å²) in [5, 5.41) is 3.82. The number of carbonyl (C=O) groups is 2. The van der Waals surface area contributed by atoms with Crippen molar-refractivity contribution in [3.05, 3.63) is 63.6 Å². The zero-order valence-corrected chi connectivity index (χ0v) is 20.6. The third-order valence-corrected chi connectivity index (χ3v) is 6.69. The second kappa shape index (κ2) is 13.0. The molecule has 2 aromatic carbocycles. The highest BCUT2D eigenvalue weighted by Crippen LogP contribution is 2.24. The quantitative estimate of drug-likeness (QED) is 0.311. The molecule has 1 N–H and O–H groups in total. The van der Waals surface area contributed by atoms with E-state index in [1.165, 1.54) is 5.56 Å². The number of rotatable bonds is 11. The monoisotopic (exact) mass is 480 g/mol. The van der Waals surface area contributed by atoms with Crippen LogP contribution in [0.4, 0.5) is 0 Å². The first-order valence-electron chi connectivity index (χ1n) is 10.5. The summed E-state index contributed by atoms with van der Waals surface area (Å²) in [4.78, 5) is 28.5. The number of halogens is 2. The highest BCUT2D eigenvalue weighted by Gasteiger charge is 2.25. The van der Waals surface area contributed by atoms with Crippen molar-refractivity contribution in [2.24, 2.45) is 0 Å². The van der Waals surface area contributed by atoms with Gasteiger partial charge >= 0.3 is 0 Å². The number of thioether (sulfide) groups is 1. The molecule has 0 aliphatic heterocycles. The van der Waals surface area contributed by atoms with Crippen LogP contribution in [0.25, 0.3) is 0 Å². The zero-order valence-electron chi connectivity index (χ0n) is 18.3. The van der Waals surface area contributed by atoms with Gasteiger partial charge in [-0.1, -0.05) is 60.3 Å². The maximum Gasteiger partial charge on any atom is 0.242 e. The number of aryl methyl sites for hydroxylation is 1. The van der Waals surface area contributed by atoms with Crippen molar-refractivity contribution in [1.29, 1.82) is 0 Å². The van der Waals surface area contributed by atoms with Crippen molar-refractivity contribution in [1.82, 2.24) is 10.2 Å². The third kappa shape index (κ3) is 8.40. The molecule has 0 saturated heterocycles. The first-order valence-corrected chi connectivity index (χ1v) is 12.3. The molecule has 168 valence electrons. The van der Waals surface area contributed by atoms with E-state index >= 15 is 0 Å². The second-order valence-corrected chi connectivity index (χ2v) is 9.48. The average molecular weight is 481 g/mol. The van der Waals surface area contributed by atoms with Gasteiger partial charge in [-0.25, -0.2) is 0 Å². The van der Waals surface area contributed by atoms with Gasteiger partial charge in [0.1, 0.15) is 6.04 Å². The highest BCUT2D eigenvalue weighted by atomic mass is 35.5. The molecule has 0 aromatic heterocycles. The van der Waals surface area contributed by atoms with Gasteiger partial charge in [0.2, 0.25) is 11.8 Å². The van der Waals surface area contributed by atoms with Crippen LogP contribution < -0.4 is 5.32 Å². The first kappa shape index (κ1) is 25.6. The molecule has 4 nitrogen and oxygen atoms in total. The van der Waals surface area contributed by atoms with Crippen LogP contribution in [0.2, 0.25) is 10.0 Å². The van der Waals surface area contributed by atoms with Crippen molar-refractivity contribution < 1.29 is 9.59 Å². The van der Waals surface area contributed by atoms with E-state index in [9.17, 15) is 9.59 Å². The maximum atomic E-state index is 13.1. The van der Waals surface area contributed by atoms with Gasteiger partial charge in [0, 0.05) is 30.2 Å². The van der Waals surface area contributed by atoms with E-state index < -0.39 is 6.04 Å². The summed E-state index contributed by atoms with van der Waals surface area (Å²) >= 11 is 13.8. The fourth-order valence-electron chi connectivity index (χ4n) is 2.99. The van der Waals surface area contributed by atoms with Crippen LogP contribution in [0.1, 0.15) is 44.2 Å². The van der Waals surface area contributed by atoms with Gasteiger partial charge in [-0.3, -0.25) is 9.59 Å². The Balaban J connectivity index is 2.06. The van der Waals surface area contributed by atoms with Crippen molar-refractivity contribution >= 4 is 46.8 Å². The number of hydrogen-bond donors (Lipinski definition) is 1. The van der Waals surface area contributed by atoms with E-state index in [0.717, 1.165) is 23.3 Å². The Bertz CT molecular complexity index is 874. The Kier molecular flexibility index (Phi) is 10.7. The molecular formula is C24H30Cl2N2O2S. The summed E-state index contributed by atoms with van der Waals surface area (Å²) in [6, 6.07) is 12.9. The minimum atomic E-state index is -0.580. The van der Waals surface area contributed by atoms with Crippen molar-refractivity contribution in [3.63, 3.8) is 0 Å². The summed E-state index contributed by atoms with van der Waals surface area (Å²) in [5.41, 5.74) is 2.04. The van der Waals surface area contributed by atoms with E-state index in [0.29, 0.717) is 35.3 Å². The number of carbonyl (C=O) groups excluding carboxylic acids is 2. The maximum absolute atomic E-state index is 13.1. The lowest BCUT2D eigenvalue weighted by Gasteiger charge is -2.29. The Morgan fingerprint density at radius 1 is 1.10 bits per heavy atom. The lowest BCUT2D eigenvalue weighted by molar-refractivity contribution is -0.140. The van der Waals surface area contributed by atoms with E-state index in [-0.39, 0.29) is 11.8 Å². The molecule has 2 aromatic rings. The molecule has 0 aliphatic carbocycles. The van der Waals surface area contributed by atoms with Crippen molar-refractivity contribution in [3.8, 4) is 0 Å². The van der Waals surface area contributed by atoms with Gasteiger partial charge < -0.3 is 10.2 Å². The molecule has 0 aliphatic rings. The smallest absolute Gasteiger partial charge is 0.242 e. The predicted octanol–water partition coefficient (Wildman–Crippen LogP) is 6.12. The average Bonchev–Trinajstić information content (AvgIpc) is 2.75. The lowest BCUT2D eigenvalue weighted by Crippen LogP contribution is -2.47. The largest absolute Gasteiger partial charge is 0.354 e. The number of benzene rings is 2. The number of nitrogens with one attached hydrogen (secondary N) is 1. The molecule has 7 heteroatoms. The molecule has 0 unspecified atom stereocenters. The van der Waals surface area contributed by atoms with E-state index in [1.54, 1.807) is 35.7 Å². The lowest BCUT2D eigenvalue weighted by atomic mass is 10.1. The van der Waals surface area contributed by atoms with Gasteiger partial charge in [-0.15, -0.1) is 11.8 Å². The Labute approximate surface area is 199 Å². The van der Waals surface area contributed by atoms with Crippen LogP contribution in [0.3, 0.4) is 0 Å². The van der Waals surface area contributed by atoms with E-state index in [2.05, 4.69) is 36.5 Å². The fraction of sp³-hybridized carbons (Fsp3) is 0.417. The molecule has 0 heterocycles. The summed E-state index contributed by atoms with van der Waals surface area (Å²) < 4.78 is 0. The molecule has 31 heavy (non-hydrogen) atoms. The van der Waals surface area contributed by atoms with Crippen LogP contribution in [-0.4, -0.2) is 35.1 Å². The van der Waals surface area contributed by atoms with Crippen LogP contribution in [-0.2, 0) is 16.1 Å². The van der Waals surface area contributed by atoms with Crippen LogP contribution in [0, 0.1) is 6.92 Å². The van der Waals surface area contributed by atoms with Crippen LogP contribution in [0.15, 0.2) is 47.4 Å². The van der Waals surface area contributed by atoms with E-state index in [1.807, 2.05) is 13.0 Å². The summed E-state index contributed by atoms with van der Waals surface area (Å²) in [7, 11) is 0. The van der Waals surface area contributed by atoms with Crippen LogP contribution in [0.5, 0.6) is 0 Å². The zero-order chi connectivity index (χ0) is 22.8. The molecule has 0 radical (unpaired) electrons. The summed E-state index contributed by atoms with van der Waals surface area (Å²) in [6.07, 6.45) is 2.25. The molecule has 0 bridgehead atoms. The Morgan fingerprint density at radius 2 is 1.81 bits per heavy atom. The van der Waals surface area contributed by atoms with Gasteiger partial charge in [-0.05, 0) is 50.1 Å². The van der Waals surface area contributed by atoms with Crippen molar-refractivity contribution in [2.75, 3.05) is 12.3 Å². The third-order valence-electron chi connectivity index (χ3n) is 4.94. The number of nitrogens with zero attached hydrogens (tertiary/aromatic N) is 1. The van der Waals surface area contributed by atoms with Gasteiger partial charge in [0.05, 0.1) is 10.0 Å². The molecule has 0 fully saturated rings. The predicted molar refractivity (Wildman–Crippen MR) is 131 cm³/mol. The standard InChI is InChI=1S/C24H30Cl2N2O2S/c1-4-5-13-27-24(30)18(3)28(16-19-8-11-21(25)22(26)15-19)23(29)12-14-31-20-9-6-17(2)7-10-20/h6-11,15,18H,4-5,12-14,16H2,1-3H3,(H,27,30)/t18-/m1/s1. The molecular weight excluding hydrogens is 451 g/mol. The van der Waals surface area contributed by atoms with Gasteiger partial charge in [0.25, 0.3) is 0 Å². The van der Waals surface area contributed by atoms with Gasteiger partial charge in [-0.2, -0.15) is 0 Å². The first-order chi connectivity index (χ1) is 14.8. The molecule has 2 rings (SSSR count). The SMILES string of the molecule is CCCCNC(=O)[C@@H](C)N(Cc1ccc(Cl)c(Cl)c1)C(=O)CCSc1ccc(C)cc1. The minimum Gasteiger partial charge on any atom is -0.354 e. The topological polar surface area (TPSA) is 49.4 Å². The summed E-state index contributed by atoms with van der Waals surface area (Å²) in [6.45, 7) is 6.79. The molecule has 0 saturated carbocycles. The molecule has 1 atom stereocenters. The highest BCUT2D eigenvalue weighted by molar-refractivity contribution is 7.99. The second-order valence-electron chi connectivity index (χ2n) is 7.50. The number of amides is 2. The molecule has 0 spiro atoms. The Hall–Kier alpha value is -1.69. The number of hydrogen-bond acceptors (Lipinski definition) is 3. The molecule has 2 amide bonds. The van der Waals surface area contributed by atoms with Crippen molar-refractivity contribution in [2.45, 2.75) is 57.5 Å². The van der Waals surface area contributed by atoms with E-state index in [4.69, 9.17) is 23.2 Å². The fourth-order valence-corrected chi connectivity index (χ4v) is 4.15. The number of unbranched alkanes of at least 4 members (excludes halogenated alkanes) is 1. The normalized spacial score (nSPS) is 11.8. The minimum absolute atomic E-state index is 0.0659. The van der Waals surface area contributed by atoms with Gasteiger partial charge in [0.15, 0.2) is 0 Å². The summed E-state index contributed by atoms with van der Waals surface area (Å²) in [5.74, 6) is 0.432.